The maximum absolute atomic E-state index is 4.65. The molecule has 0 unspecified atom stereocenters. The van der Waals surface area contributed by atoms with E-state index in [2.05, 4.69) is 31.7 Å². The lowest BCUT2D eigenvalue weighted by Crippen LogP contribution is -2.05. The first-order valence-electron chi connectivity index (χ1n) is 6.33. The molecule has 19 heavy (non-hydrogen) atoms. The van der Waals surface area contributed by atoms with E-state index >= 15 is 0 Å². The van der Waals surface area contributed by atoms with Crippen molar-refractivity contribution in [3.05, 3.63) is 35.8 Å². The van der Waals surface area contributed by atoms with Crippen molar-refractivity contribution in [3.63, 3.8) is 0 Å². The quantitative estimate of drug-likeness (QED) is 0.791. The Morgan fingerprint density at radius 3 is 2.89 bits per heavy atom. The van der Waals surface area contributed by atoms with Crippen LogP contribution in [0.2, 0.25) is 0 Å². The van der Waals surface area contributed by atoms with E-state index < -0.39 is 0 Å². The van der Waals surface area contributed by atoms with Crippen LogP contribution in [-0.2, 0) is 0 Å². The largest absolute Gasteiger partial charge is 0.367 e. The molecule has 3 aromatic rings. The Bertz CT molecular complexity index is 719. The van der Waals surface area contributed by atoms with Gasteiger partial charge >= 0.3 is 0 Å². The molecule has 3 heterocycles. The number of fused-ring (bicyclic) bond motifs is 1. The van der Waals surface area contributed by atoms with E-state index in [0.717, 1.165) is 21.7 Å². The first-order valence-corrected chi connectivity index (χ1v) is 7.21. The summed E-state index contributed by atoms with van der Waals surface area (Å²) in [6.07, 6.45) is 4.23. The Morgan fingerprint density at radius 1 is 1.16 bits per heavy atom. The van der Waals surface area contributed by atoms with Gasteiger partial charge in [-0.2, -0.15) is 0 Å². The van der Waals surface area contributed by atoms with Gasteiger partial charge in [-0.25, -0.2) is 9.97 Å². The van der Waals surface area contributed by atoms with Gasteiger partial charge in [0.1, 0.15) is 16.3 Å². The molecule has 94 valence electrons. The first kappa shape index (κ1) is 10.9. The van der Waals surface area contributed by atoms with E-state index in [0.29, 0.717) is 11.9 Å². The van der Waals surface area contributed by atoms with Crippen molar-refractivity contribution < 1.29 is 0 Å². The van der Waals surface area contributed by atoms with Crippen LogP contribution in [0.5, 0.6) is 0 Å². The van der Waals surface area contributed by atoms with Gasteiger partial charge in [-0.05, 0) is 36.4 Å². The molecule has 0 aliphatic heterocycles. The molecule has 0 bridgehead atoms. The van der Waals surface area contributed by atoms with Crippen LogP contribution in [0, 0.1) is 0 Å². The number of rotatable bonds is 3. The maximum atomic E-state index is 4.65. The number of thiophene rings is 1. The van der Waals surface area contributed by atoms with Crippen molar-refractivity contribution in [2.75, 3.05) is 5.32 Å². The minimum Gasteiger partial charge on any atom is -0.367 e. The Labute approximate surface area is 114 Å². The second kappa shape index (κ2) is 4.28. The summed E-state index contributed by atoms with van der Waals surface area (Å²) in [5.41, 5.74) is 0.816. The average molecular weight is 268 g/mol. The first-order chi connectivity index (χ1) is 9.40. The monoisotopic (exact) mass is 268 g/mol. The summed E-state index contributed by atoms with van der Waals surface area (Å²) in [6.45, 7) is 0. The number of anilines is 1. The summed E-state index contributed by atoms with van der Waals surface area (Å²) in [7, 11) is 0. The highest BCUT2D eigenvalue weighted by molar-refractivity contribution is 7.16. The molecule has 4 rings (SSSR count). The van der Waals surface area contributed by atoms with Gasteiger partial charge in [-0.1, -0.05) is 6.07 Å². The zero-order chi connectivity index (χ0) is 12.7. The minimum atomic E-state index is 0.578. The molecule has 4 nitrogen and oxygen atoms in total. The van der Waals surface area contributed by atoms with Crippen molar-refractivity contribution in [1.82, 2.24) is 15.0 Å². The second-order valence-corrected chi connectivity index (χ2v) is 5.56. The highest BCUT2D eigenvalue weighted by Crippen LogP contribution is 2.31. The number of aromatic nitrogens is 3. The lowest BCUT2D eigenvalue weighted by molar-refractivity contribution is 1.10. The van der Waals surface area contributed by atoms with Gasteiger partial charge < -0.3 is 5.32 Å². The van der Waals surface area contributed by atoms with Gasteiger partial charge in [0, 0.05) is 12.2 Å². The van der Waals surface area contributed by atoms with E-state index in [-0.39, 0.29) is 0 Å². The number of pyridine rings is 1. The minimum absolute atomic E-state index is 0.578. The summed E-state index contributed by atoms with van der Waals surface area (Å²) in [5, 5.41) is 6.65. The number of hydrogen-bond donors (Lipinski definition) is 1. The van der Waals surface area contributed by atoms with Crippen molar-refractivity contribution in [2.24, 2.45) is 0 Å². The van der Waals surface area contributed by atoms with Crippen molar-refractivity contribution in [2.45, 2.75) is 18.9 Å². The van der Waals surface area contributed by atoms with Crippen LogP contribution in [-0.4, -0.2) is 21.0 Å². The second-order valence-electron chi connectivity index (χ2n) is 4.67. The van der Waals surface area contributed by atoms with Crippen LogP contribution in [0.4, 0.5) is 5.82 Å². The summed E-state index contributed by atoms with van der Waals surface area (Å²) in [5.74, 6) is 1.63. The van der Waals surface area contributed by atoms with Crippen molar-refractivity contribution in [1.29, 1.82) is 0 Å². The standard InChI is InChI=1S/C14H12N4S/c1-2-7-15-11(3-1)13-17-12(16-9-4-5-9)10-6-8-19-14(10)18-13/h1-3,6-9H,4-5H2,(H,16,17,18). The molecule has 0 saturated heterocycles. The zero-order valence-corrected chi connectivity index (χ0v) is 11.0. The molecule has 1 aliphatic carbocycles. The van der Waals surface area contributed by atoms with E-state index in [9.17, 15) is 0 Å². The summed E-state index contributed by atoms with van der Waals surface area (Å²) < 4.78 is 0. The van der Waals surface area contributed by atoms with Gasteiger partial charge in [-0.3, -0.25) is 4.98 Å². The topological polar surface area (TPSA) is 50.7 Å². The smallest absolute Gasteiger partial charge is 0.181 e. The molecular weight excluding hydrogens is 256 g/mol. The molecule has 1 aliphatic rings. The maximum Gasteiger partial charge on any atom is 0.181 e. The fraction of sp³-hybridized carbons (Fsp3) is 0.214. The van der Waals surface area contributed by atoms with Gasteiger partial charge in [-0.15, -0.1) is 11.3 Å². The zero-order valence-electron chi connectivity index (χ0n) is 10.2. The number of nitrogens with one attached hydrogen (secondary N) is 1. The summed E-state index contributed by atoms with van der Waals surface area (Å²) in [6, 6.07) is 8.45. The molecule has 0 spiro atoms. The summed E-state index contributed by atoms with van der Waals surface area (Å²) >= 11 is 1.64. The van der Waals surface area contributed by atoms with Crippen LogP contribution in [0.25, 0.3) is 21.7 Å². The fourth-order valence-electron chi connectivity index (χ4n) is 2.00. The highest BCUT2D eigenvalue weighted by Gasteiger charge is 2.23. The molecule has 0 aromatic carbocycles. The number of nitrogens with zero attached hydrogens (tertiary/aromatic N) is 3. The summed E-state index contributed by atoms with van der Waals surface area (Å²) in [4.78, 5) is 14.6. The molecule has 3 aromatic heterocycles. The predicted octanol–water partition coefficient (Wildman–Crippen LogP) is 3.33. The van der Waals surface area contributed by atoms with Crippen LogP contribution in [0.15, 0.2) is 35.8 Å². The van der Waals surface area contributed by atoms with E-state index in [1.807, 2.05) is 18.2 Å². The Kier molecular flexibility index (Phi) is 2.45. The van der Waals surface area contributed by atoms with Crippen LogP contribution < -0.4 is 5.32 Å². The van der Waals surface area contributed by atoms with Gasteiger partial charge in [0.15, 0.2) is 5.82 Å². The van der Waals surface area contributed by atoms with Crippen LogP contribution in [0.3, 0.4) is 0 Å². The van der Waals surface area contributed by atoms with E-state index in [1.165, 1.54) is 12.8 Å². The number of hydrogen-bond acceptors (Lipinski definition) is 5. The SMILES string of the molecule is c1ccc(-c2nc(NC3CC3)c3ccsc3n2)nc1. The Balaban J connectivity index is 1.87. The predicted molar refractivity (Wildman–Crippen MR) is 77.3 cm³/mol. The Morgan fingerprint density at radius 2 is 2.11 bits per heavy atom. The average Bonchev–Trinajstić information content (AvgIpc) is 3.14. The normalized spacial score (nSPS) is 14.7. The van der Waals surface area contributed by atoms with E-state index in [1.54, 1.807) is 17.5 Å². The molecule has 1 fully saturated rings. The fourth-order valence-corrected chi connectivity index (χ4v) is 2.76. The van der Waals surface area contributed by atoms with Gasteiger partial charge in [0.2, 0.25) is 0 Å². The third-order valence-electron chi connectivity index (χ3n) is 3.14. The molecule has 0 radical (unpaired) electrons. The molecule has 1 saturated carbocycles. The third-order valence-corrected chi connectivity index (χ3v) is 3.94. The van der Waals surface area contributed by atoms with Gasteiger partial charge in [0.25, 0.3) is 0 Å². The van der Waals surface area contributed by atoms with E-state index in [4.69, 9.17) is 0 Å². The molecule has 0 amide bonds. The van der Waals surface area contributed by atoms with Crippen LogP contribution in [0.1, 0.15) is 12.8 Å². The Hall–Kier alpha value is -2.01. The highest BCUT2D eigenvalue weighted by atomic mass is 32.1. The molecule has 5 heteroatoms. The van der Waals surface area contributed by atoms with Crippen LogP contribution >= 0.6 is 11.3 Å². The third kappa shape index (κ3) is 2.06. The van der Waals surface area contributed by atoms with Gasteiger partial charge in [0.05, 0.1) is 5.39 Å². The molecule has 0 atom stereocenters. The lowest BCUT2D eigenvalue weighted by Gasteiger charge is -2.07. The van der Waals surface area contributed by atoms with Crippen molar-refractivity contribution >= 4 is 27.4 Å². The van der Waals surface area contributed by atoms with Crippen molar-refractivity contribution in [3.8, 4) is 11.5 Å². The molecule has 1 N–H and O–H groups in total. The molecular formula is C14H12N4S. The lowest BCUT2D eigenvalue weighted by atomic mass is 10.3.